The molecule has 0 amide bonds. The third-order valence-corrected chi connectivity index (χ3v) is 5.63. The maximum atomic E-state index is 12.0. The molecule has 0 aliphatic carbocycles. The Morgan fingerprint density at radius 3 is 1.60 bits per heavy atom. The van der Waals surface area contributed by atoms with Crippen LogP contribution in [0.3, 0.4) is 0 Å². The van der Waals surface area contributed by atoms with E-state index in [0.717, 1.165) is 19.3 Å². The molecule has 0 saturated carbocycles. The van der Waals surface area contributed by atoms with Gasteiger partial charge in [0.25, 0.3) is 0 Å². The SMILES string of the molecule is CCCCCCCCCCCCCCOC(=O)CCCC(=O)OC(CC)C(C)(C)C. The van der Waals surface area contributed by atoms with E-state index in [0.29, 0.717) is 19.4 Å². The standard InChI is InChI=1S/C26H50O4/c1-6-8-9-10-11-12-13-14-15-16-17-18-22-29-24(27)20-19-21-25(28)30-23(7-2)26(3,4)5/h23H,6-22H2,1-5H3. The van der Waals surface area contributed by atoms with Gasteiger partial charge in [0.2, 0.25) is 0 Å². The zero-order valence-corrected chi connectivity index (χ0v) is 20.7. The molecule has 0 radical (unpaired) electrons. The molecule has 0 aliphatic rings. The topological polar surface area (TPSA) is 52.6 Å². The smallest absolute Gasteiger partial charge is 0.306 e. The Balaban J connectivity index is 3.49. The molecule has 30 heavy (non-hydrogen) atoms. The van der Waals surface area contributed by atoms with Crippen molar-refractivity contribution < 1.29 is 19.1 Å². The molecular weight excluding hydrogens is 376 g/mol. The van der Waals surface area contributed by atoms with Crippen LogP contribution >= 0.6 is 0 Å². The van der Waals surface area contributed by atoms with Crippen molar-refractivity contribution in [2.24, 2.45) is 5.41 Å². The summed E-state index contributed by atoms with van der Waals surface area (Å²) in [5, 5.41) is 0. The fraction of sp³-hybridized carbons (Fsp3) is 0.923. The van der Waals surface area contributed by atoms with Gasteiger partial charge in [-0.3, -0.25) is 9.59 Å². The van der Waals surface area contributed by atoms with E-state index >= 15 is 0 Å². The minimum absolute atomic E-state index is 0.0580. The molecule has 4 nitrogen and oxygen atoms in total. The third kappa shape index (κ3) is 17.8. The average Bonchev–Trinajstić information content (AvgIpc) is 2.68. The first-order chi connectivity index (χ1) is 14.3. The second-order valence-electron chi connectivity index (χ2n) is 9.72. The molecule has 0 bridgehead atoms. The second-order valence-corrected chi connectivity index (χ2v) is 9.72. The van der Waals surface area contributed by atoms with Gasteiger partial charge in [0.1, 0.15) is 6.10 Å². The Morgan fingerprint density at radius 1 is 0.667 bits per heavy atom. The van der Waals surface area contributed by atoms with Crippen LogP contribution in [0.4, 0.5) is 0 Å². The lowest BCUT2D eigenvalue weighted by molar-refractivity contribution is -0.155. The van der Waals surface area contributed by atoms with E-state index < -0.39 is 0 Å². The molecule has 0 saturated heterocycles. The van der Waals surface area contributed by atoms with E-state index in [1.165, 1.54) is 64.2 Å². The van der Waals surface area contributed by atoms with E-state index in [2.05, 4.69) is 27.7 Å². The van der Waals surface area contributed by atoms with Crippen molar-refractivity contribution in [3.8, 4) is 0 Å². The first kappa shape index (κ1) is 28.9. The fourth-order valence-corrected chi connectivity index (χ4v) is 3.67. The van der Waals surface area contributed by atoms with E-state index in [-0.39, 0.29) is 29.9 Å². The molecular formula is C26H50O4. The van der Waals surface area contributed by atoms with Gasteiger partial charge in [0.05, 0.1) is 6.61 Å². The highest BCUT2D eigenvalue weighted by atomic mass is 16.5. The van der Waals surface area contributed by atoms with Crippen LogP contribution in [0.15, 0.2) is 0 Å². The Labute approximate surface area is 186 Å². The molecule has 0 aromatic carbocycles. The summed E-state index contributed by atoms with van der Waals surface area (Å²) in [5.41, 5.74) is -0.0580. The van der Waals surface area contributed by atoms with Crippen molar-refractivity contribution in [2.75, 3.05) is 6.61 Å². The van der Waals surface area contributed by atoms with Crippen LogP contribution in [0, 0.1) is 5.41 Å². The number of ether oxygens (including phenoxy) is 2. The number of unbranched alkanes of at least 4 members (excludes halogenated alkanes) is 11. The van der Waals surface area contributed by atoms with Crippen molar-refractivity contribution in [3.63, 3.8) is 0 Å². The van der Waals surface area contributed by atoms with Gasteiger partial charge in [0.15, 0.2) is 0 Å². The van der Waals surface area contributed by atoms with Crippen LogP contribution < -0.4 is 0 Å². The Bertz CT molecular complexity index is 425. The molecule has 0 rings (SSSR count). The lowest BCUT2D eigenvalue weighted by Gasteiger charge is -2.29. The molecule has 0 heterocycles. The molecule has 4 heteroatoms. The van der Waals surface area contributed by atoms with Crippen molar-refractivity contribution in [3.05, 3.63) is 0 Å². The predicted molar refractivity (Wildman–Crippen MR) is 126 cm³/mol. The minimum atomic E-state index is -0.217. The molecule has 178 valence electrons. The van der Waals surface area contributed by atoms with Crippen molar-refractivity contribution >= 4 is 11.9 Å². The zero-order chi connectivity index (χ0) is 22.7. The Hall–Kier alpha value is -1.06. The molecule has 0 spiro atoms. The summed E-state index contributed by atoms with van der Waals surface area (Å²) in [6, 6.07) is 0. The highest BCUT2D eigenvalue weighted by molar-refractivity contribution is 5.72. The third-order valence-electron chi connectivity index (χ3n) is 5.63. The predicted octanol–water partition coefficient (Wildman–Crippen LogP) is 7.77. The number of rotatable bonds is 19. The average molecular weight is 427 g/mol. The number of hydrogen-bond donors (Lipinski definition) is 0. The molecule has 1 unspecified atom stereocenters. The second kappa shape index (κ2) is 18.7. The number of carbonyl (C=O) groups excluding carboxylic acids is 2. The van der Waals surface area contributed by atoms with Gasteiger partial charge in [-0.1, -0.05) is 105 Å². The lowest BCUT2D eigenvalue weighted by atomic mass is 9.87. The van der Waals surface area contributed by atoms with Crippen LogP contribution in [-0.2, 0) is 19.1 Å². The molecule has 0 aromatic heterocycles. The van der Waals surface area contributed by atoms with Gasteiger partial charge in [-0.25, -0.2) is 0 Å². The fourth-order valence-electron chi connectivity index (χ4n) is 3.67. The van der Waals surface area contributed by atoms with Gasteiger partial charge in [0, 0.05) is 12.8 Å². The van der Waals surface area contributed by atoms with Crippen molar-refractivity contribution in [1.82, 2.24) is 0 Å². The first-order valence-electron chi connectivity index (χ1n) is 12.7. The highest BCUT2D eigenvalue weighted by Gasteiger charge is 2.26. The molecule has 0 aromatic rings. The van der Waals surface area contributed by atoms with Gasteiger partial charge in [-0.15, -0.1) is 0 Å². The zero-order valence-electron chi connectivity index (χ0n) is 20.7. The summed E-state index contributed by atoms with van der Waals surface area (Å²) in [6.45, 7) is 11.0. The largest absolute Gasteiger partial charge is 0.466 e. The maximum Gasteiger partial charge on any atom is 0.306 e. The van der Waals surface area contributed by atoms with Crippen LogP contribution in [0.25, 0.3) is 0 Å². The summed E-state index contributed by atoms with van der Waals surface area (Å²) in [6.07, 6.45) is 17.3. The number of hydrogen-bond acceptors (Lipinski definition) is 4. The van der Waals surface area contributed by atoms with Crippen LogP contribution in [-0.4, -0.2) is 24.6 Å². The molecule has 0 aliphatic heterocycles. The highest BCUT2D eigenvalue weighted by Crippen LogP contribution is 2.25. The van der Waals surface area contributed by atoms with E-state index in [4.69, 9.17) is 9.47 Å². The number of esters is 2. The maximum absolute atomic E-state index is 12.0. The summed E-state index contributed by atoms with van der Waals surface area (Å²) in [7, 11) is 0. The Kier molecular flexibility index (Phi) is 18.0. The van der Waals surface area contributed by atoms with E-state index in [1.54, 1.807) is 0 Å². The van der Waals surface area contributed by atoms with Gasteiger partial charge >= 0.3 is 11.9 Å². The van der Waals surface area contributed by atoms with E-state index in [9.17, 15) is 9.59 Å². The summed E-state index contributed by atoms with van der Waals surface area (Å²) >= 11 is 0. The Morgan fingerprint density at radius 2 is 1.13 bits per heavy atom. The normalized spacial score (nSPS) is 12.6. The summed E-state index contributed by atoms with van der Waals surface area (Å²) < 4.78 is 10.8. The lowest BCUT2D eigenvalue weighted by Crippen LogP contribution is -2.31. The van der Waals surface area contributed by atoms with Gasteiger partial charge < -0.3 is 9.47 Å². The molecule has 0 N–H and O–H groups in total. The summed E-state index contributed by atoms with van der Waals surface area (Å²) in [4.78, 5) is 23.7. The number of carbonyl (C=O) groups is 2. The van der Waals surface area contributed by atoms with Gasteiger partial charge in [-0.2, -0.15) is 0 Å². The molecule has 1 atom stereocenters. The minimum Gasteiger partial charge on any atom is -0.466 e. The van der Waals surface area contributed by atoms with Crippen molar-refractivity contribution in [1.29, 1.82) is 0 Å². The first-order valence-corrected chi connectivity index (χ1v) is 12.7. The van der Waals surface area contributed by atoms with Crippen LogP contribution in [0.2, 0.25) is 0 Å². The summed E-state index contributed by atoms with van der Waals surface area (Å²) in [5.74, 6) is -0.417. The molecule has 0 fully saturated rings. The van der Waals surface area contributed by atoms with Crippen LogP contribution in [0.5, 0.6) is 0 Å². The quantitative estimate of drug-likeness (QED) is 0.156. The van der Waals surface area contributed by atoms with E-state index in [1.807, 2.05) is 6.92 Å². The van der Waals surface area contributed by atoms with Gasteiger partial charge in [-0.05, 0) is 24.7 Å². The van der Waals surface area contributed by atoms with Crippen LogP contribution in [0.1, 0.15) is 137 Å². The van der Waals surface area contributed by atoms with Crippen molar-refractivity contribution in [2.45, 2.75) is 143 Å². The monoisotopic (exact) mass is 426 g/mol.